The molecule has 0 saturated heterocycles. The number of para-hydroxylation sites is 1. The molecule has 1 atom stereocenters. The maximum Gasteiger partial charge on any atom is 0.223 e. The summed E-state index contributed by atoms with van der Waals surface area (Å²) in [6.45, 7) is 2.61. The number of nitrogens with two attached hydrogens (primary N) is 1. The Labute approximate surface area is 106 Å². The van der Waals surface area contributed by atoms with E-state index in [1.807, 2.05) is 19.1 Å². The molecule has 0 bridgehead atoms. The summed E-state index contributed by atoms with van der Waals surface area (Å²) in [5.74, 6) is 0.517. The molecule has 1 aromatic carbocycles. The van der Waals surface area contributed by atoms with Gasteiger partial charge in [0, 0.05) is 12.6 Å². The summed E-state index contributed by atoms with van der Waals surface area (Å²) in [6, 6.07) is 7.13. The van der Waals surface area contributed by atoms with Gasteiger partial charge in [0.05, 0.1) is 18.1 Å². The van der Waals surface area contributed by atoms with Gasteiger partial charge in [0.15, 0.2) is 0 Å². The summed E-state index contributed by atoms with van der Waals surface area (Å²) >= 11 is 5.90. The maximum atomic E-state index is 11.3. The van der Waals surface area contributed by atoms with E-state index in [-0.39, 0.29) is 18.4 Å². The maximum absolute atomic E-state index is 11.3. The van der Waals surface area contributed by atoms with E-state index in [0.717, 1.165) is 0 Å². The van der Waals surface area contributed by atoms with Crippen LogP contribution in [0.15, 0.2) is 24.3 Å². The van der Waals surface area contributed by atoms with Gasteiger partial charge in [-0.25, -0.2) is 0 Å². The number of ether oxygens (including phenoxy) is 1. The number of halogens is 1. The predicted octanol–water partition coefficient (Wildman–Crippen LogP) is 1.57. The zero-order valence-corrected chi connectivity index (χ0v) is 10.5. The molecule has 0 saturated carbocycles. The van der Waals surface area contributed by atoms with Crippen LogP contribution in [0.3, 0.4) is 0 Å². The molecule has 3 N–H and O–H groups in total. The highest BCUT2D eigenvalue weighted by Gasteiger charge is 2.04. The molecule has 0 spiro atoms. The van der Waals surface area contributed by atoms with Crippen molar-refractivity contribution in [2.24, 2.45) is 5.73 Å². The summed E-state index contributed by atoms with van der Waals surface area (Å²) in [6.07, 6.45) is 0.290. The van der Waals surface area contributed by atoms with Crippen molar-refractivity contribution in [1.82, 2.24) is 5.32 Å². The number of nitrogens with one attached hydrogen (secondary N) is 1. The highest BCUT2D eigenvalue weighted by Crippen LogP contribution is 2.22. The highest BCUT2D eigenvalue weighted by molar-refractivity contribution is 6.32. The highest BCUT2D eigenvalue weighted by atomic mass is 35.5. The molecule has 0 radical (unpaired) electrons. The third-order valence-electron chi connectivity index (χ3n) is 2.04. The number of amides is 1. The number of carbonyl (C=O) groups is 1. The van der Waals surface area contributed by atoms with Crippen LogP contribution in [0.2, 0.25) is 5.02 Å². The zero-order chi connectivity index (χ0) is 12.7. The molecule has 1 rings (SSSR count). The van der Waals surface area contributed by atoms with Crippen molar-refractivity contribution in [2.75, 3.05) is 13.2 Å². The standard InChI is InChI=1S/C12H17ClN2O2/c1-9(14)8-15-12(16)6-7-17-11-5-3-2-4-10(11)13/h2-5,9H,6-8,14H2,1H3,(H,15,16). The molecule has 17 heavy (non-hydrogen) atoms. The lowest BCUT2D eigenvalue weighted by atomic mass is 10.3. The largest absolute Gasteiger partial charge is 0.491 e. The molecule has 1 amide bonds. The van der Waals surface area contributed by atoms with Gasteiger partial charge in [-0.2, -0.15) is 0 Å². The van der Waals surface area contributed by atoms with E-state index < -0.39 is 0 Å². The molecule has 0 aliphatic carbocycles. The average molecular weight is 257 g/mol. The lowest BCUT2D eigenvalue weighted by Crippen LogP contribution is -2.35. The van der Waals surface area contributed by atoms with Gasteiger partial charge in [-0.3, -0.25) is 4.79 Å². The first-order valence-corrected chi connectivity index (χ1v) is 5.87. The summed E-state index contributed by atoms with van der Waals surface area (Å²) in [7, 11) is 0. The van der Waals surface area contributed by atoms with Crippen LogP contribution in [0.5, 0.6) is 5.75 Å². The Hall–Kier alpha value is -1.26. The van der Waals surface area contributed by atoms with Crippen molar-refractivity contribution in [2.45, 2.75) is 19.4 Å². The molecule has 0 heterocycles. The van der Waals surface area contributed by atoms with Crippen molar-refractivity contribution in [3.8, 4) is 5.75 Å². The number of rotatable bonds is 6. The fourth-order valence-electron chi connectivity index (χ4n) is 1.18. The van der Waals surface area contributed by atoms with E-state index in [0.29, 0.717) is 23.9 Å². The minimum Gasteiger partial charge on any atom is -0.491 e. The normalized spacial score (nSPS) is 11.9. The van der Waals surface area contributed by atoms with Gasteiger partial charge in [-0.05, 0) is 19.1 Å². The second-order valence-electron chi connectivity index (χ2n) is 3.81. The fourth-order valence-corrected chi connectivity index (χ4v) is 1.37. The second-order valence-corrected chi connectivity index (χ2v) is 4.22. The number of hydrogen-bond donors (Lipinski definition) is 2. The Morgan fingerprint density at radius 2 is 2.24 bits per heavy atom. The van der Waals surface area contributed by atoms with Gasteiger partial charge in [0.1, 0.15) is 5.75 Å². The number of benzene rings is 1. The van der Waals surface area contributed by atoms with Crippen LogP contribution >= 0.6 is 11.6 Å². The van der Waals surface area contributed by atoms with E-state index >= 15 is 0 Å². The fraction of sp³-hybridized carbons (Fsp3) is 0.417. The molecular weight excluding hydrogens is 240 g/mol. The van der Waals surface area contributed by atoms with Crippen molar-refractivity contribution < 1.29 is 9.53 Å². The Kier molecular flexibility index (Phi) is 5.80. The molecule has 0 fully saturated rings. The van der Waals surface area contributed by atoms with E-state index in [1.54, 1.807) is 12.1 Å². The molecule has 1 unspecified atom stereocenters. The molecular formula is C12H17ClN2O2. The lowest BCUT2D eigenvalue weighted by Gasteiger charge is -2.09. The van der Waals surface area contributed by atoms with Gasteiger partial charge in [0.2, 0.25) is 5.91 Å². The SMILES string of the molecule is CC(N)CNC(=O)CCOc1ccccc1Cl. The third kappa shape index (κ3) is 5.56. The Bertz CT molecular complexity index is 369. The monoisotopic (exact) mass is 256 g/mol. The Morgan fingerprint density at radius 1 is 1.53 bits per heavy atom. The molecule has 1 aromatic rings. The van der Waals surface area contributed by atoms with Crippen molar-refractivity contribution >= 4 is 17.5 Å². The van der Waals surface area contributed by atoms with Crippen molar-refractivity contribution in [3.05, 3.63) is 29.3 Å². The summed E-state index contributed by atoms with van der Waals surface area (Å²) in [5.41, 5.74) is 5.52. The van der Waals surface area contributed by atoms with E-state index in [4.69, 9.17) is 22.1 Å². The summed E-state index contributed by atoms with van der Waals surface area (Å²) in [4.78, 5) is 11.3. The number of carbonyl (C=O) groups excluding carboxylic acids is 1. The second kappa shape index (κ2) is 7.14. The molecule has 4 nitrogen and oxygen atoms in total. The Morgan fingerprint density at radius 3 is 2.88 bits per heavy atom. The zero-order valence-electron chi connectivity index (χ0n) is 9.78. The molecule has 0 aliphatic heterocycles. The van der Waals surface area contributed by atoms with Crippen molar-refractivity contribution in [1.29, 1.82) is 0 Å². The van der Waals surface area contributed by atoms with Crippen LogP contribution < -0.4 is 15.8 Å². The molecule has 5 heteroatoms. The van der Waals surface area contributed by atoms with E-state index in [9.17, 15) is 4.79 Å². The van der Waals surface area contributed by atoms with Crippen LogP contribution in [-0.4, -0.2) is 25.1 Å². The minimum absolute atomic E-state index is 0.0385. The Balaban J connectivity index is 2.24. The van der Waals surface area contributed by atoms with Crippen LogP contribution in [0, 0.1) is 0 Å². The molecule has 94 valence electrons. The quantitative estimate of drug-likeness (QED) is 0.812. The summed E-state index contributed by atoms with van der Waals surface area (Å²) < 4.78 is 5.39. The van der Waals surface area contributed by atoms with Crippen LogP contribution in [-0.2, 0) is 4.79 Å². The van der Waals surface area contributed by atoms with E-state index in [1.165, 1.54) is 0 Å². The minimum atomic E-state index is -0.0747. The third-order valence-corrected chi connectivity index (χ3v) is 2.36. The van der Waals surface area contributed by atoms with Crippen molar-refractivity contribution in [3.63, 3.8) is 0 Å². The van der Waals surface area contributed by atoms with Crippen LogP contribution in [0.4, 0.5) is 0 Å². The van der Waals surface area contributed by atoms with E-state index in [2.05, 4.69) is 5.32 Å². The smallest absolute Gasteiger partial charge is 0.223 e. The molecule has 0 aromatic heterocycles. The van der Waals surface area contributed by atoms with Gasteiger partial charge in [0.25, 0.3) is 0 Å². The lowest BCUT2D eigenvalue weighted by molar-refractivity contribution is -0.121. The predicted molar refractivity (Wildman–Crippen MR) is 68.2 cm³/mol. The van der Waals surface area contributed by atoms with Gasteiger partial charge in [-0.15, -0.1) is 0 Å². The first-order valence-electron chi connectivity index (χ1n) is 5.49. The van der Waals surface area contributed by atoms with Crippen LogP contribution in [0.1, 0.15) is 13.3 Å². The van der Waals surface area contributed by atoms with Gasteiger partial charge >= 0.3 is 0 Å². The topological polar surface area (TPSA) is 64.3 Å². The average Bonchev–Trinajstić information content (AvgIpc) is 2.29. The van der Waals surface area contributed by atoms with Gasteiger partial charge < -0.3 is 15.8 Å². The molecule has 0 aliphatic rings. The first-order chi connectivity index (χ1) is 8.09. The van der Waals surface area contributed by atoms with Crippen LogP contribution in [0.25, 0.3) is 0 Å². The first kappa shape index (κ1) is 13.8. The number of hydrogen-bond acceptors (Lipinski definition) is 3. The van der Waals surface area contributed by atoms with Gasteiger partial charge in [-0.1, -0.05) is 23.7 Å². The summed E-state index contributed by atoms with van der Waals surface area (Å²) in [5, 5.41) is 3.25.